The predicted molar refractivity (Wildman–Crippen MR) is 91.8 cm³/mol. The molecule has 1 amide bonds. The van der Waals surface area contributed by atoms with E-state index >= 15 is 0 Å². The Hall–Kier alpha value is -2.33. The Morgan fingerprint density at radius 2 is 1.91 bits per heavy atom. The van der Waals surface area contributed by atoms with Gasteiger partial charge in [-0.05, 0) is 29.8 Å². The van der Waals surface area contributed by atoms with Gasteiger partial charge in [0.2, 0.25) is 0 Å². The number of benzene rings is 2. The SMILES string of the molecule is CNc1ccc(C(=O)N2CCOC(Cc3ccccc3)C2)cc1. The summed E-state index contributed by atoms with van der Waals surface area (Å²) in [6.07, 6.45) is 0.898. The second kappa shape index (κ2) is 7.29. The van der Waals surface area contributed by atoms with E-state index in [0.717, 1.165) is 17.7 Å². The van der Waals surface area contributed by atoms with Crippen LogP contribution in [0.3, 0.4) is 0 Å². The van der Waals surface area contributed by atoms with Crippen LogP contribution in [0.15, 0.2) is 54.6 Å². The summed E-state index contributed by atoms with van der Waals surface area (Å²) >= 11 is 0. The van der Waals surface area contributed by atoms with Crippen LogP contribution in [0.1, 0.15) is 15.9 Å². The van der Waals surface area contributed by atoms with E-state index in [1.54, 1.807) is 0 Å². The van der Waals surface area contributed by atoms with E-state index in [4.69, 9.17) is 4.74 Å². The van der Waals surface area contributed by atoms with E-state index in [-0.39, 0.29) is 12.0 Å². The third-order valence-electron chi connectivity index (χ3n) is 4.15. The first-order chi connectivity index (χ1) is 11.3. The molecule has 1 fully saturated rings. The van der Waals surface area contributed by atoms with E-state index in [1.165, 1.54) is 5.56 Å². The highest BCUT2D eigenvalue weighted by atomic mass is 16.5. The number of carbonyl (C=O) groups excluding carboxylic acids is 1. The molecule has 1 heterocycles. The first-order valence-electron chi connectivity index (χ1n) is 7.99. The number of hydrogen-bond donors (Lipinski definition) is 1. The van der Waals surface area contributed by atoms with Crippen molar-refractivity contribution in [1.82, 2.24) is 4.90 Å². The van der Waals surface area contributed by atoms with E-state index in [0.29, 0.717) is 19.7 Å². The number of ether oxygens (including phenoxy) is 1. The average Bonchev–Trinajstić information content (AvgIpc) is 2.62. The lowest BCUT2D eigenvalue weighted by Crippen LogP contribution is -2.46. The summed E-state index contributed by atoms with van der Waals surface area (Å²) in [5.41, 5.74) is 2.97. The molecule has 2 aromatic rings. The first kappa shape index (κ1) is 15.6. The molecule has 1 aliphatic rings. The van der Waals surface area contributed by atoms with Crippen molar-refractivity contribution in [3.8, 4) is 0 Å². The van der Waals surface area contributed by atoms with Gasteiger partial charge >= 0.3 is 0 Å². The highest BCUT2D eigenvalue weighted by molar-refractivity contribution is 5.94. The smallest absolute Gasteiger partial charge is 0.254 e. The minimum absolute atomic E-state index is 0.0617. The van der Waals surface area contributed by atoms with Crippen molar-refractivity contribution in [3.05, 3.63) is 65.7 Å². The molecule has 0 bridgehead atoms. The Kier molecular flexibility index (Phi) is 4.93. The molecule has 120 valence electrons. The molecule has 0 aliphatic carbocycles. The molecular weight excluding hydrogens is 288 g/mol. The van der Waals surface area contributed by atoms with E-state index in [2.05, 4.69) is 17.4 Å². The molecule has 1 atom stereocenters. The molecule has 1 saturated heterocycles. The van der Waals surface area contributed by atoms with Crippen LogP contribution in [0.5, 0.6) is 0 Å². The van der Waals surface area contributed by atoms with Gasteiger partial charge in [0, 0.05) is 37.8 Å². The first-order valence-corrected chi connectivity index (χ1v) is 7.99. The summed E-state index contributed by atoms with van der Waals surface area (Å²) in [4.78, 5) is 14.5. The standard InChI is InChI=1S/C19H22N2O2/c1-20-17-9-7-16(8-10-17)19(22)21-11-12-23-18(14-21)13-15-5-3-2-4-6-15/h2-10,18,20H,11-14H2,1H3. The minimum atomic E-state index is 0.0617. The fourth-order valence-corrected chi connectivity index (χ4v) is 2.87. The summed E-state index contributed by atoms with van der Waals surface area (Å²) in [5.74, 6) is 0.0778. The summed E-state index contributed by atoms with van der Waals surface area (Å²) in [7, 11) is 1.87. The molecule has 1 aliphatic heterocycles. The van der Waals surface area contributed by atoms with Gasteiger partial charge in [0.1, 0.15) is 0 Å². The minimum Gasteiger partial charge on any atom is -0.388 e. The number of anilines is 1. The van der Waals surface area contributed by atoms with Crippen molar-refractivity contribution in [2.75, 3.05) is 32.1 Å². The number of carbonyl (C=O) groups is 1. The van der Waals surface area contributed by atoms with E-state index < -0.39 is 0 Å². The Labute approximate surface area is 137 Å². The lowest BCUT2D eigenvalue weighted by molar-refractivity contribution is -0.0208. The average molecular weight is 310 g/mol. The van der Waals surface area contributed by atoms with Crippen molar-refractivity contribution < 1.29 is 9.53 Å². The van der Waals surface area contributed by atoms with Crippen LogP contribution in [-0.2, 0) is 11.2 Å². The van der Waals surface area contributed by atoms with Gasteiger partial charge in [-0.25, -0.2) is 0 Å². The number of morpholine rings is 1. The second-order valence-corrected chi connectivity index (χ2v) is 5.76. The zero-order valence-corrected chi connectivity index (χ0v) is 13.4. The van der Waals surface area contributed by atoms with Crippen LogP contribution in [0.4, 0.5) is 5.69 Å². The maximum atomic E-state index is 12.6. The number of nitrogens with zero attached hydrogens (tertiary/aromatic N) is 1. The van der Waals surface area contributed by atoms with Gasteiger partial charge in [-0.2, -0.15) is 0 Å². The topological polar surface area (TPSA) is 41.6 Å². The second-order valence-electron chi connectivity index (χ2n) is 5.76. The Morgan fingerprint density at radius 1 is 1.17 bits per heavy atom. The maximum absolute atomic E-state index is 12.6. The van der Waals surface area contributed by atoms with Crippen LogP contribution >= 0.6 is 0 Å². The van der Waals surface area contributed by atoms with E-state index in [1.807, 2.05) is 54.4 Å². The van der Waals surface area contributed by atoms with E-state index in [9.17, 15) is 4.79 Å². The number of rotatable bonds is 4. The molecule has 0 aromatic heterocycles. The number of hydrogen-bond acceptors (Lipinski definition) is 3. The van der Waals surface area contributed by atoms with Crippen LogP contribution in [0.25, 0.3) is 0 Å². The Morgan fingerprint density at radius 3 is 2.61 bits per heavy atom. The molecule has 3 rings (SSSR count). The molecule has 0 saturated carbocycles. The van der Waals surface area contributed by atoms with Gasteiger partial charge in [0.15, 0.2) is 0 Å². The zero-order chi connectivity index (χ0) is 16.1. The fourth-order valence-electron chi connectivity index (χ4n) is 2.87. The zero-order valence-electron chi connectivity index (χ0n) is 13.4. The van der Waals surface area contributed by atoms with Gasteiger partial charge in [0.25, 0.3) is 5.91 Å². The van der Waals surface area contributed by atoms with Crippen molar-refractivity contribution in [1.29, 1.82) is 0 Å². The Balaban J connectivity index is 1.64. The monoisotopic (exact) mass is 310 g/mol. The molecule has 0 radical (unpaired) electrons. The quantitative estimate of drug-likeness (QED) is 0.944. The molecular formula is C19H22N2O2. The summed E-state index contributed by atoms with van der Waals surface area (Å²) < 4.78 is 5.83. The number of nitrogens with one attached hydrogen (secondary N) is 1. The third kappa shape index (κ3) is 3.90. The largest absolute Gasteiger partial charge is 0.388 e. The normalized spacial score (nSPS) is 17.8. The number of amides is 1. The van der Waals surface area contributed by atoms with Gasteiger partial charge in [-0.3, -0.25) is 4.79 Å². The Bertz CT molecular complexity index is 640. The highest BCUT2D eigenvalue weighted by Gasteiger charge is 2.25. The lowest BCUT2D eigenvalue weighted by Gasteiger charge is -2.33. The molecule has 1 N–H and O–H groups in total. The van der Waals surface area contributed by atoms with Gasteiger partial charge in [-0.1, -0.05) is 30.3 Å². The highest BCUT2D eigenvalue weighted by Crippen LogP contribution is 2.16. The van der Waals surface area contributed by atoms with Crippen molar-refractivity contribution in [3.63, 3.8) is 0 Å². The summed E-state index contributed by atoms with van der Waals surface area (Å²) in [6, 6.07) is 17.9. The predicted octanol–water partition coefficient (Wildman–Crippen LogP) is 2.81. The van der Waals surface area contributed by atoms with Crippen LogP contribution < -0.4 is 5.32 Å². The molecule has 23 heavy (non-hydrogen) atoms. The lowest BCUT2D eigenvalue weighted by atomic mass is 10.1. The van der Waals surface area contributed by atoms with Crippen molar-refractivity contribution >= 4 is 11.6 Å². The van der Waals surface area contributed by atoms with Crippen molar-refractivity contribution in [2.45, 2.75) is 12.5 Å². The summed E-state index contributed by atoms with van der Waals surface area (Å²) in [6.45, 7) is 1.89. The summed E-state index contributed by atoms with van der Waals surface area (Å²) in [5, 5.41) is 3.06. The molecule has 0 spiro atoms. The fraction of sp³-hybridized carbons (Fsp3) is 0.316. The molecule has 4 heteroatoms. The molecule has 4 nitrogen and oxygen atoms in total. The van der Waals surface area contributed by atoms with Gasteiger partial charge < -0.3 is 15.0 Å². The third-order valence-corrected chi connectivity index (χ3v) is 4.15. The maximum Gasteiger partial charge on any atom is 0.254 e. The van der Waals surface area contributed by atoms with Crippen LogP contribution in [0.2, 0.25) is 0 Å². The van der Waals surface area contributed by atoms with Crippen LogP contribution in [-0.4, -0.2) is 43.7 Å². The van der Waals surface area contributed by atoms with Crippen molar-refractivity contribution in [2.24, 2.45) is 0 Å². The van der Waals surface area contributed by atoms with Crippen LogP contribution in [0, 0.1) is 0 Å². The molecule has 2 aromatic carbocycles. The molecule has 1 unspecified atom stereocenters. The van der Waals surface area contributed by atoms with Gasteiger partial charge in [-0.15, -0.1) is 0 Å². The van der Waals surface area contributed by atoms with Gasteiger partial charge in [0.05, 0.1) is 12.7 Å².